The third kappa shape index (κ3) is 45.3. The standard InChI is InChI=1S/C67H123NO10/c1-3-5-7-9-11-13-34-39-43-47-51-55-63(72)76-56-52-48-44-40-36-33-31-29-27-25-23-21-19-17-15-16-18-20-22-24-26-28-30-32-35-38-42-46-50-54-62(71)68-59(58-77-67-66(75)65(74)64(73)61(57-69)78-67)60(70)53-49-45-41-37-14-12-10-8-6-4-2/h14-15,17,21,23,37,49,53,59-61,64-67,69-70,73-75H,3-13,16,18-20,22,24-36,38-48,50-52,54-58H2,1-2H3,(H,68,71)/b17-15-,23-21-,37-14+,53-49+. The first kappa shape index (κ1) is 73.6. The zero-order valence-electron chi connectivity index (χ0n) is 50.4. The molecule has 0 aliphatic carbocycles. The minimum atomic E-state index is -1.58. The molecule has 1 rings (SSSR count). The van der Waals surface area contributed by atoms with Gasteiger partial charge in [-0.2, -0.15) is 0 Å². The van der Waals surface area contributed by atoms with Crippen LogP contribution in [0.25, 0.3) is 0 Å². The first-order chi connectivity index (χ1) is 38.2. The van der Waals surface area contributed by atoms with Crippen LogP contribution in [-0.2, 0) is 23.8 Å². The Hall–Kier alpha value is -2.38. The zero-order chi connectivity index (χ0) is 56.6. The highest BCUT2D eigenvalue weighted by Crippen LogP contribution is 2.23. The number of rotatable bonds is 57. The summed E-state index contributed by atoms with van der Waals surface area (Å²) < 4.78 is 16.7. The SMILES string of the molecule is CCCCCC/C=C/CC/C=C/C(O)C(COC1OC(CO)C(O)C(O)C1O)NC(=O)CCCCCCCCCCCCCCC/C=C\C/C=C\CCCCCCCCCCCOC(=O)CCCCCCCCCCCCC. The molecule has 1 saturated heterocycles. The number of carbonyl (C=O) groups excluding carboxylic acids is 2. The van der Waals surface area contributed by atoms with Gasteiger partial charge in [-0.3, -0.25) is 9.59 Å². The van der Waals surface area contributed by atoms with Crippen molar-refractivity contribution in [3.05, 3.63) is 48.6 Å². The van der Waals surface area contributed by atoms with E-state index in [9.17, 15) is 35.1 Å². The summed E-state index contributed by atoms with van der Waals surface area (Å²) in [5.74, 6) is -0.192. The van der Waals surface area contributed by atoms with Gasteiger partial charge in [0.2, 0.25) is 5.91 Å². The van der Waals surface area contributed by atoms with Crippen LogP contribution < -0.4 is 5.32 Å². The van der Waals surface area contributed by atoms with Gasteiger partial charge in [0.15, 0.2) is 6.29 Å². The minimum absolute atomic E-state index is 0.00245. The van der Waals surface area contributed by atoms with Crippen LogP contribution in [0.3, 0.4) is 0 Å². The monoisotopic (exact) mass is 1100 g/mol. The summed E-state index contributed by atoms with van der Waals surface area (Å²) in [6.45, 7) is 4.30. The van der Waals surface area contributed by atoms with E-state index in [-0.39, 0.29) is 18.5 Å². The number of allylic oxidation sites excluding steroid dienone is 7. The lowest BCUT2D eigenvalue weighted by Crippen LogP contribution is -2.60. The van der Waals surface area contributed by atoms with Crippen molar-refractivity contribution in [1.29, 1.82) is 0 Å². The maximum atomic E-state index is 13.0. The third-order valence-electron chi connectivity index (χ3n) is 15.4. The molecule has 7 atom stereocenters. The van der Waals surface area contributed by atoms with Crippen molar-refractivity contribution >= 4 is 11.9 Å². The number of carbonyl (C=O) groups is 2. The summed E-state index contributed by atoms with van der Waals surface area (Å²) in [6.07, 6.45) is 62.4. The number of nitrogens with one attached hydrogen (secondary N) is 1. The maximum absolute atomic E-state index is 13.0. The molecule has 1 heterocycles. The summed E-state index contributed by atoms with van der Waals surface area (Å²) in [6, 6.07) is -0.828. The smallest absolute Gasteiger partial charge is 0.305 e. The fourth-order valence-corrected chi connectivity index (χ4v) is 10.2. The topological polar surface area (TPSA) is 175 Å². The Labute approximate surface area is 478 Å². The quantitative estimate of drug-likeness (QED) is 0.0195. The highest BCUT2D eigenvalue weighted by atomic mass is 16.7. The van der Waals surface area contributed by atoms with Crippen molar-refractivity contribution in [3.8, 4) is 0 Å². The van der Waals surface area contributed by atoms with E-state index in [0.29, 0.717) is 19.4 Å². The van der Waals surface area contributed by atoms with Gasteiger partial charge >= 0.3 is 5.97 Å². The van der Waals surface area contributed by atoms with Crippen LogP contribution >= 0.6 is 0 Å². The lowest BCUT2D eigenvalue weighted by Gasteiger charge is -2.40. The number of aliphatic hydroxyl groups excluding tert-OH is 5. The molecule has 1 amide bonds. The average molecular weight is 1100 g/mol. The van der Waals surface area contributed by atoms with E-state index in [2.05, 4.69) is 55.6 Å². The largest absolute Gasteiger partial charge is 0.466 e. The lowest BCUT2D eigenvalue weighted by molar-refractivity contribution is -0.302. The van der Waals surface area contributed by atoms with Gasteiger partial charge in [-0.25, -0.2) is 0 Å². The Morgan fingerprint density at radius 3 is 1.36 bits per heavy atom. The van der Waals surface area contributed by atoms with E-state index in [1.54, 1.807) is 6.08 Å². The van der Waals surface area contributed by atoms with Crippen molar-refractivity contribution in [1.82, 2.24) is 5.32 Å². The second-order valence-corrected chi connectivity index (χ2v) is 22.8. The molecule has 7 unspecified atom stereocenters. The highest BCUT2D eigenvalue weighted by Gasteiger charge is 2.44. The van der Waals surface area contributed by atoms with E-state index in [0.717, 1.165) is 64.2 Å². The van der Waals surface area contributed by atoms with Crippen molar-refractivity contribution in [2.24, 2.45) is 0 Å². The molecule has 11 nitrogen and oxygen atoms in total. The van der Waals surface area contributed by atoms with Gasteiger partial charge < -0.3 is 45.1 Å². The number of hydrogen-bond acceptors (Lipinski definition) is 10. The second kappa shape index (κ2) is 56.5. The second-order valence-electron chi connectivity index (χ2n) is 22.8. The fourth-order valence-electron chi connectivity index (χ4n) is 10.2. The van der Waals surface area contributed by atoms with E-state index >= 15 is 0 Å². The van der Waals surface area contributed by atoms with E-state index in [4.69, 9.17) is 14.2 Å². The van der Waals surface area contributed by atoms with Crippen molar-refractivity contribution in [3.63, 3.8) is 0 Å². The van der Waals surface area contributed by atoms with Crippen molar-refractivity contribution in [2.45, 2.75) is 346 Å². The molecule has 6 N–H and O–H groups in total. The third-order valence-corrected chi connectivity index (χ3v) is 15.4. The molecule has 0 radical (unpaired) electrons. The molecule has 1 fully saturated rings. The Morgan fingerprint density at radius 2 is 0.872 bits per heavy atom. The first-order valence-corrected chi connectivity index (χ1v) is 32.9. The average Bonchev–Trinajstić information content (AvgIpc) is 3.44. The van der Waals surface area contributed by atoms with Crippen LogP contribution in [0, 0.1) is 0 Å². The van der Waals surface area contributed by atoms with Crippen molar-refractivity contribution < 1.29 is 49.3 Å². The van der Waals surface area contributed by atoms with Gasteiger partial charge in [0.1, 0.15) is 24.4 Å². The number of hydrogen-bond donors (Lipinski definition) is 6. The lowest BCUT2D eigenvalue weighted by atomic mass is 9.99. The van der Waals surface area contributed by atoms with Crippen LogP contribution in [-0.4, -0.2) is 100 Å². The number of amides is 1. The summed E-state index contributed by atoms with van der Waals surface area (Å²) in [5, 5.41) is 54.3. The Kier molecular flexibility index (Phi) is 53.3. The molecular weight excluding hydrogens is 979 g/mol. The summed E-state index contributed by atoms with van der Waals surface area (Å²) in [4.78, 5) is 25.0. The van der Waals surface area contributed by atoms with Crippen molar-refractivity contribution in [2.75, 3.05) is 19.8 Å². The van der Waals surface area contributed by atoms with Gasteiger partial charge in [-0.15, -0.1) is 0 Å². The van der Waals surface area contributed by atoms with Crippen LogP contribution in [0.2, 0.25) is 0 Å². The van der Waals surface area contributed by atoms with Gasteiger partial charge in [0, 0.05) is 12.8 Å². The molecule has 11 heteroatoms. The van der Waals surface area contributed by atoms with Gasteiger partial charge in [0.05, 0.1) is 32.0 Å². The normalized spacial score (nSPS) is 18.8. The van der Waals surface area contributed by atoms with E-state index < -0.39 is 49.5 Å². The minimum Gasteiger partial charge on any atom is -0.466 e. The number of esters is 1. The molecule has 0 saturated carbocycles. The maximum Gasteiger partial charge on any atom is 0.305 e. The van der Waals surface area contributed by atoms with Crippen LogP contribution in [0.4, 0.5) is 0 Å². The van der Waals surface area contributed by atoms with Crippen LogP contribution in [0.15, 0.2) is 48.6 Å². The number of aliphatic hydroxyl groups is 5. The first-order valence-electron chi connectivity index (χ1n) is 32.9. The van der Waals surface area contributed by atoms with Gasteiger partial charge in [-0.05, 0) is 77.0 Å². The molecular formula is C67H123NO10. The predicted molar refractivity (Wildman–Crippen MR) is 324 cm³/mol. The molecule has 0 aromatic carbocycles. The predicted octanol–water partition coefficient (Wildman–Crippen LogP) is 16.0. The molecule has 0 aromatic rings. The highest BCUT2D eigenvalue weighted by molar-refractivity contribution is 5.76. The Morgan fingerprint density at radius 1 is 0.474 bits per heavy atom. The summed E-state index contributed by atoms with van der Waals surface area (Å²) in [7, 11) is 0. The van der Waals surface area contributed by atoms with Crippen LogP contribution in [0.1, 0.15) is 303 Å². The number of ether oxygens (including phenoxy) is 3. The zero-order valence-corrected chi connectivity index (χ0v) is 50.4. The molecule has 0 spiro atoms. The van der Waals surface area contributed by atoms with Gasteiger partial charge in [-0.1, -0.05) is 262 Å². The van der Waals surface area contributed by atoms with Gasteiger partial charge in [0.25, 0.3) is 0 Å². The fraction of sp³-hybridized carbons (Fsp3) is 0.851. The molecule has 78 heavy (non-hydrogen) atoms. The molecule has 0 bridgehead atoms. The number of unbranched alkanes of at least 4 members (excludes halogenated alkanes) is 37. The Balaban J connectivity index is 1.99. The van der Waals surface area contributed by atoms with E-state index in [1.807, 2.05) is 6.08 Å². The summed E-state index contributed by atoms with van der Waals surface area (Å²) >= 11 is 0. The molecule has 1 aliphatic heterocycles. The van der Waals surface area contributed by atoms with E-state index in [1.165, 1.54) is 212 Å². The summed E-state index contributed by atoms with van der Waals surface area (Å²) in [5.41, 5.74) is 0. The Bertz CT molecular complexity index is 1430. The molecule has 456 valence electrons. The molecule has 0 aromatic heterocycles. The van der Waals surface area contributed by atoms with Crippen LogP contribution in [0.5, 0.6) is 0 Å². The molecule has 1 aliphatic rings.